The normalized spacial score (nSPS) is 11.7. The molecule has 0 bridgehead atoms. The molecular formula is C20H21ClNO5-. The van der Waals surface area contributed by atoms with Gasteiger partial charge in [-0.1, -0.05) is 23.7 Å². The molecular weight excluding hydrogens is 370 g/mol. The van der Waals surface area contributed by atoms with Crippen LogP contribution in [0.3, 0.4) is 0 Å². The second kappa shape index (κ2) is 9.83. The molecule has 1 atom stereocenters. The molecule has 2 rings (SSSR count). The highest BCUT2D eigenvalue weighted by Crippen LogP contribution is 2.21. The maximum Gasteiger partial charge on any atom is 0.258 e. The van der Waals surface area contributed by atoms with Crippen molar-refractivity contribution >= 4 is 23.5 Å². The van der Waals surface area contributed by atoms with Crippen LogP contribution in [0.15, 0.2) is 48.5 Å². The molecule has 0 aromatic heterocycles. The minimum absolute atomic E-state index is 0.0274. The molecule has 2 aromatic carbocycles. The van der Waals surface area contributed by atoms with Crippen LogP contribution in [0, 0.1) is 0 Å². The molecule has 1 unspecified atom stereocenters. The van der Waals surface area contributed by atoms with Gasteiger partial charge in [-0.2, -0.15) is 0 Å². The fourth-order valence-corrected chi connectivity index (χ4v) is 2.51. The minimum atomic E-state index is -1.26. The van der Waals surface area contributed by atoms with Crippen molar-refractivity contribution in [1.29, 1.82) is 0 Å². The third-order valence-corrected chi connectivity index (χ3v) is 3.80. The first-order chi connectivity index (χ1) is 12.8. The predicted octanol–water partition coefficient (Wildman–Crippen LogP) is 2.50. The highest BCUT2D eigenvalue weighted by atomic mass is 35.5. The van der Waals surface area contributed by atoms with E-state index in [2.05, 4.69) is 5.32 Å². The van der Waals surface area contributed by atoms with Crippen molar-refractivity contribution < 1.29 is 24.2 Å². The fourth-order valence-electron chi connectivity index (χ4n) is 2.39. The van der Waals surface area contributed by atoms with Crippen molar-refractivity contribution in [3.05, 3.63) is 59.1 Å². The molecule has 7 heteroatoms. The van der Waals surface area contributed by atoms with Gasteiger partial charge < -0.3 is 24.7 Å². The number of nitrogens with one attached hydrogen (secondary N) is 1. The Morgan fingerprint density at radius 3 is 2.19 bits per heavy atom. The summed E-state index contributed by atoms with van der Waals surface area (Å²) in [5, 5.41) is 14.3. The lowest BCUT2D eigenvalue weighted by molar-refractivity contribution is -0.306. The number of benzene rings is 2. The van der Waals surface area contributed by atoms with Gasteiger partial charge in [0.2, 0.25) is 0 Å². The van der Waals surface area contributed by atoms with E-state index in [0.29, 0.717) is 22.1 Å². The molecule has 0 aliphatic rings. The van der Waals surface area contributed by atoms with Crippen LogP contribution in [0.1, 0.15) is 31.9 Å². The van der Waals surface area contributed by atoms with Crippen LogP contribution in [0.2, 0.25) is 5.02 Å². The van der Waals surface area contributed by atoms with Crippen LogP contribution in [-0.2, 0) is 9.59 Å². The third kappa shape index (κ3) is 7.19. The zero-order chi connectivity index (χ0) is 19.8. The smallest absolute Gasteiger partial charge is 0.258 e. The number of carboxylic acid groups (broad SMARTS) is 1. The number of rotatable bonds is 9. The zero-order valence-corrected chi connectivity index (χ0v) is 15.9. The Hall–Kier alpha value is -2.73. The van der Waals surface area contributed by atoms with Crippen molar-refractivity contribution in [2.75, 3.05) is 6.61 Å². The average Bonchev–Trinajstić information content (AvgIpc) is 2.60. The Kier molecular flexibility index (Phi) is 7.49. The van der Waals surface area contributed by atoms with E-state index in [1.807, 2.05) is 13.8 Å². The number of amides is 1. The van der Waals surface area contributed by atoms with Crippen LogP contribution in [0.4, 0.5) is 0 Å². The van der Waals surface area contributed by atoms with Gasteiger partial charge in [0.05, 0.1) is 12.1 Å². The van der Waals surface area contributed by atoms with Gasteiger partial charge in [-0.15, -0.1) is 0 Å². The van der Waals surface area contributed by atoms with Crippen molar-refractivity contribution in [3.63, 3.8) is 0 Å². The van der Waals surface area contributed by atoms with E-state index in [-0.39, 0.29) is 19.1 Å². The number of halogens is 1. The standard InChI is InChI=1S/C20H22ClNO5/c1-13(2)27-17-7-3-14(4-8-17)18(11-20(24)25)22-19(23)12-26-16-9-5-15(21)6-10-16/h3-10,13,18H,11-12H2,1-2H3,(H,22,23)(H,24,25)/p-1. The second-order valence-electron chi connectivity index (χ2n) is 6.17. The number of ether oxygens (including phenoxy) is 2. The van der Waals surface area contributed by atoms with Crippen molar-refractivity contribution in [1.82, 2.24) is 5.32 Å². The molecule has 0 heterocycles. The van der Waals surface area contributed by atoms with E-state index < -0.39 is 17.9 Å². The lowest BCUT2D eigenvalue weighted by atomic mass is 10.0. The summed E-state index contributed by atoms with van der Waals surface area (Å²) in [5.41, 5.74) is 0.634. The van der Waals surface area contributed by atoms with E-state index >= 15 is 0 Å². The first-order valence-electron chi connectivity index (χ1n) is 8.47. The number of carbonyl (C=O) groups excluding carboxylic acids is 2. The van der Waals surface area contributed by atoms with Crippen LogP contribution >= 0.6 is 11.6 Å². The van der Waals surface area contributed by atoms with Crippen molar-refractivity contribution in [3.8, 4) is 11.5 Å². The summed E-state index contributed by atoms with van der Waals surface area (Å²) >= 11 is 5.79. The molecule has 0 saturated heterocycles. The van der Waals surface area contributed by atoms with Gasteiger partial charge in [-0.25, -0.2) is 0 Å². The molecule has 1 amide bonds. The van der Waals surface area contributed by atoms with Gasteiger partial charge in [0.15, 0.2) is 6.61 Å². The Bertz CT molecular complexity index is 759. The van der Waals surface area contributed by atoms with E-state index in [9.17, 15) is 14.7 Å². The van der Waals surface area contributed by atoms with Gasteiger partial charge >= 0.3 is 0 Å². The Balaban J connectivity index is 1.99. The quantitative estimate of drug-likeness (QED) is 0.710. The molecule has 0 radical (unpaired) electrons. The summed E-state index contributed by atoms with van der Waals surface area (Å²) in [4.78, 5) is 23.2. The van der Waals surface area contributed by atoms with Crippen LogP contribution < -0.4 is 19.9 Å². The van der Waals surface area contributed by atoms with Crippen molar-refractivity contribution in [2.45, 2.75) is 32.4 Å². The summed E-state index contributed by atoms with van der Waals surface area (Å²) in [6.45, 7) is 3.57. The molecule has 0 saturated carbocycles. The monoisotopic (exact) mass is 390 g/mol. The summed E-state index contributed by atoms with van der Waals surface area (Å²) < 4.78 is 10.9. The first kappa shape index (κ1) is 20.6. The molecule has 6 nitrogen and oxygen atoms in total. The van der Waals surface area contributed by atoms with Crippen LogP contribution in [0.5, 0.6) is 11.5 Å². The Labute approximate surface area is 163 Å². The summed E-state index contributed by atoms with van der Waals surface area (Å²) in [5.74, 6) is -0.556. The van der Waals surface area contributed by atoms with Gasteiger partial charge in [-0.3, -0.25) is 4.79 Å². The summed E-state index contributed by atoms with van der Waals surface area (Å²) in [6.07, 6.45) is -0.323. The zero-order valence-electron chi connectivity index (χ0n) is 15.1. The number of carbonyl (C=O) groups is 2. The number of carboxylic acids is 1. The summed E-state index contributed by atoms with van der Waals surface area (Å²) in [7, 11) is 0. The largest absolute Gasteiger partial charge is 0.550 e. The van der Waals surface area contributed by atoms with Crippen LogP contribution in [-0.4, -0.2) is 24.6 Å². The number of aliphatic carboxylic acids is 1. The van der Waals surface area contributed by atoms with Gasteiger partial charge in [0, 0.05) is 17.4 Å². The highest BCUT2D eigenvalue weighted by molar-refractivity contribution is 6.30. The lowest BCUT2D eigenvalue weighted by Crippen LogP contribution is -2.36. The molecule has 2 aromatic rings. The second-order valence-corrected chi connectivity index (χ2v) is 6.61. The molecule has 0 aliphatic carbocycles. The minimum Gasteiger partial charge on any atom is -0.550 e. The number of hydrogen-bond donors (Lipinski definition) is 1. The molecule has 1 N–H and O–H groups in total. The fraction of sp³-hybridized carbons (Fsp3) is 0.300. The van der Waals surface area contributed by atoms with E-state index in [1.165, 1.54) is 0 Å². The molecule has 0 spiro atoms. The first-order valence-corrected chi connectivity index (χ1v) is 8.85. The maximum atomic E-state index is 12.2. The van der Waals surface area contributed by atoms with Gasteiger partial charge in [0.1, 0.15) is 11.5 Å². The van der Waals surface area contributed by atoms with E-state index in [1.54, 1.807) is 48.5 Å². The SMILES string of the molecule is CC(C)Oc1ccc(C(CC(=O)[O-])NC(=O)COc2ccc(Cl)cc2)cc1. The topological polar surface area (TPSA) is 87.7 Å². The van der Waals surface area contributed by atoms with E-state index in [0.717, 1.165) is 0 Å². The van der Waals surface area contributed by atoms with Gasteiger partial charge in [0.25, 0.3) is 5.91 Å². The van der Waals surface area contributed by atoms with Gasteiger partial charge in [-0.05, 0) is 55.8 Å². The summed E-state index contributed by atoms with van der Waals surface area (Å²) in [6, 6.07) is 12.7. The molecule has 27 heavy (non-hydrogen) atoms. The Morgan fingerprint density at radius 1 is 1.04 bits per heavy atom. The third-order valence-electron chi connectivity index (χ3n) is 3.54. The van der Waals surface area contributed by atoms with Crippen molar-refractivity contribution in [2.24, 2.45) is 0 Å². The highest BCUT2D eigenvalue weighted by Gasteiger charge is 2.16. The molecule has 144 valence electrons. The molecule has 0 fully saturated rings. The number of hydrogen-bond acceptors (Lipinski definition) is 5. The Morgan fingerprint density at radius 2 is 1.63 bits per heavy atom. The lowest BCUT2D eigenvalue weighted by Gasteiger charge is -2.20. The van der Waals surface area contributed by atoms with E-state index in [4.69, 9.17) is 21.1 Å². The average molecular weight is 391 g/mol. The van der Waals surface area contributed by atoms with Crippen LogP contribution in [0.25, 0.3) is 0 Å². The maximum absolute atomic E-state index is 12.2. The predicted molar refractivity (Wildman–Crippen MR) is 99.7 cm³/mol. The molecule has 0 aliphatic heterocycles.